The lowest BCUT2D eigenvalue weighted by Crippen LogP contribution is -2.22. The number of carboxylic acid groups (broad SMARTS) is 1. The molecular weight excluding hydrogens is 356 g/mol. The zero-order valence-corrected chi connectivity index (χ0v) is 16.6. The summed E-state index contributed by atoms with van der Waals surface area (Å²) in [7, 11) is 0. The Hall–Kier alpha value is -2.32. The van der Waals surface area contributed by atoms with Crippen molar-refractivity contribution in [2.24, 2.45) is 0 Å². The molecule has 0 saturated heterocycles. The highest BCUT2D eigenvalue weighted by molar-refractivity contribution is 7.99. The van der Waals surface area contributed by atoms with Gasteiger partial charge in [-0.2, -0.15) is 10.2 Å². The Morgan fingerprint density at radius 3 is 2.85 bits per heavy atom. The summed E-state index contributed by atoms with van der Waals surface area (Å²) >= 11 is 1.92. The highest BCUT2D eigenvalue weighted by Gasteiger charge is 2.27. The summed E-state index contributed by atoms with van der Waals surface area (Å²) in [6, 6.07) is 8.43. The molecule has 0 amide bonds. The Bertz CT molecular complexity index is 897. The Kier molecular flexibility index (Phi) is 6.18. The predicted molar refractivity (Wildman–Crippen MR) is 108 cm³/mol. The third-order valence-corrected chi connectivity index (χ3v) is 5.90. The molecule has 0 aliphatic carbocycles. The van der Waals surface area contributed by atoms with Gasteiger partial charge in [0.25, 0.3) is 0 Å². The molecule has 0 radical (unpaired) electrons. The minimum atomic E-state index is -0.757. The third kappa shape index (κ3) is 5.33. The fraction of sp³-hybridized carbons (Fsp3) is 0.409. The molecule has 0 atom stereocenters. The van der Waals surface area contributed by atoms with Crippen molar-refractivity contribution in [3.63, 3.8) is 0 Å². The van der Waals surface area contributed by atoms with Crippen LogP contribution in [0.5, 0.6) is 0 Å². The van der Waals surface area contributed by atoms with E-state index in [1.54, 1.807) is 6.20 Å². The number of carbonyl (C=O) groups is 1. The number of nitrogens with zero attached hydrogens (tertiary/aromatic N) is 2. The van der Waals surface area contributed by atoms with Crippen molar-refractivity contribution in [2.75, 3.05) is 5.75 Å². The van der Waals surface area contributed by atoms with E-state index in [1.807, 2.05) is 17.8 Å². The molecule has 0 spiro atoms. The van der Waals surface area contributed by atoms with E-state index < -0.39 is 5.97 Å². The lowest BCUT2D eigenvalue weighted by molar-refractivity contribution is -0.137. The SMILES string of the molecule is CC1(C)CCSc2ccc(C#Cc3cnnc(CCCCC(=O)O)c3)cc21. The average Bonchev–Trinajstić information content (AvgIpc) is 2.64. The minimum Gasteiger partial charge on any atom is -0.481 e. The van der Waals surface area contributed by atoms with Gasteiger partial charge in [0.2, 0.25) is 0 Å². The van der Waals surface area contributed by atoms with Crippen LogP contribution in [0.2, 0.25) is 0 Å². The Morgan fingerprint density at radius 1 is 1.22 bits per heavy atom. The monoisotopic (exact) mass is 380 g/mol. The van der Waals surface area contributed by atoms with Gasteiger partial charge in [0.1, 0.15) is 0 Å². The molecule has 27 heavy (non-hydrogen) atoms. The summed E-state index contributed by atoms with van der Waals surface area (Å²) in [5.74, 6) is 6.86. The summed E-state index contributed by atoms with van der Waals surface area (Å²) in [5.41, 5.74) is 4.29. The van der Waals surface area contributed by atoms with Crippen LogP contribution in [0.15, 0.2) is 35.4 Å². The van der Waals surface area contributed by atoms with Crippen LogP contribution in [0.25, 0.3) is 0 Å². The quantitative estimate of drug-likeness (QED) is 0.613. The van der Waals surface area contributed by atoms with Gasteiger partial charge in [-0.05, 0) is 66.7 Å². The van der Waals surface area contributed by atoms with Crippen LogP contribution in [-0.4, -0.2) is 27.0 Å². The summed E-state index contributed by atoms with van der Waals surface area (Å²) in [5, 5.41) is 16.8. The van der Waals surface area contributed by atoms with Gasteiger partial charge in [0.15, 0.2) is 0 Å². The van der Waals surface area contributed by atoms with E-state index in [4.69, 9.17) is 5.11 Å². The molecular formula is C22H24N2O2S. The highest BCUT2D eigenvalue weighted by Crippen LogP contribution is 2.41. The van der Waals surface area contributed by atoms with Crippen LogP contribution < -0.4 is 0 Å². The number of hydrogen-bond donors (Lipinski definition) is 1. The maximum Gasteiger partial charge on any atom is 0.303 e. The van der Waals surface area contributed by atoms with Gasteiger partial charge in [0, 0.05) is 22.4 Å². The second-order valence-electron chi connectivity index (χ2n) is 7.48. The first kappa shape index (κ1) is 19.4. The van der Waals surface area contributed by atoms with Crippen molar-refractivity contribution >= 4 is 17.7 Å². The Labute approximate surface area is 164 Å². The molecule has 0 bridgehead atoms. The topological polar surface area (TPSA) is 63.1 Å². The van der Waals surface area contributed by atoms with E-state index in [-0.39, 0.29) is 11.8 Å². The molecule has 1 aliphatic rings. The van der Waals surface area contributed by atoms with Crippen molar-refractivity contribution in [1.82, 2.24) is 10.2 Å². The van der Waals surface area contributed by atoms with Crippen molar-refractivity contribution < 1.29 is 9.90 Å². The zero-order chi connectivity index (χ0) is 19.3. The van der Waals surface area contributed by atoms with Gasteiger partial charge in [-0.1, -0.05) is 25.7 Å². The number of hydrogen-bond acceptors (Lipinski definition) is 4. The van der Waals surface area contributed by atoms with E-state index in [2.05, 4.69) is 54.1 Å². The molecule has 1 aromatic carbocycles. The van der Waals surface area contributed by atoms with E-state index >= 15 is 0 Å². The second-order valence-corrected chi connectivity index (χ2v) is 8.62. The van der Waals surface area contributed by atoms with E-state index in [0.29, 0.717) is 6.42 Å². The summed E-state index contributed by atoms with van der Waals surface area (Å²) < 4.78 is 0. The first-order valence-corrected chi connectivity index (χ1v) is 10.3. The number of benzene rings is 1. The number of rotatable bonds is 5. The molecule has 0 fully saturated rings. The molecule has 0 saturated carbocycles. The molecule has 1 N–H and O–H groups in total. The average molecular weight is 381 g/mol. The van der Waals surface area contributed by atoms with Gasteiger partial charge >= 0.3 is 5.97 Å². The number of carboxylic acids is 1. The van der Waals surface area contributed by atoms with Crippen molar-refractivity contribution in [2.45, 2.75) is 56.3 Å². The molecule has 0 unspecified atom stereocenters. The lowest BCUT2D eigenvalue weighted by atomic mass is 9.81. The lowest BCUT2D eigenvalue weighted by Gasteiger charge is -2.32. The minimum absolute atomic E-state index is 0.194. The van der Waals surface area contributed by atoms with E-state index in [1.165, 1.54) is 22.6 Å². The third-order valence-electron chi connectivity index (χ3n) is 4.82. The number of fused-ring (bicyclic) bond motifs is 1. The van der Waals surface area contributed by atoms with Crippen molar-refractivity contribution in [1.29, 1.82) is 0 Å². The number of aliphatic carboxylic acids is 1. The maximum absolute atomic E-state index is 10.6. The second kappa shape index (κ2) is 8.58. The van der Waals surface area contributed by atoms with Gasteiger partial charge in [-0.15, -0.1) is 11.8 Å². The van der Waals surface area contributed by atoms with Gasteiger partial charge in [0.05, 0.1) is 11.9 Å². The van der Waals surface area contributed by atoms with Crippen LogP contribution >= 0.6 is 11.8 Å². The molecule has 4 nitrogen and oxygen atoms in total. The predicted octanol–water partition coefficient (Wildman–Crippen LogP) is 4.45. The van der Waals surface area contributed by atoms with E-state index in [0.717, 1.165) is 29.7 Å². The maximum atomic E-state index is 10.6. The highest BCUT2D eigenvalue weighted by atomic mass is 32.2. The standard InChI is InChI=1S/C22H24N2O2S/c1-22(2)11-12-27-20-10-9-16(14-19(20)22)7-8-17-13-18(24-23-15-17)5-3-4-6-21(25)26/h9-10,13-15H,3-6,11-12H2,1-2H3,(H,25,26). The summed E-state index contributed by atoms with van der Waals surface area (Å²) in [6.07, 6.45) is 5.21. The molecule has 2 heterocycles. The smallest absolute Gasteiger partial charge is 0.303 e. The Balaban J connectivity index is 1.71. The number of thioether (sulfide) groups is 1. The van der Waals surface area contributed by atoms with E-state index in [9.17, 15) is 4.79 Å². The molecule has 2 aromatic rings. The summed E-state index contributed by atoms with van der Waals surface area (Å²) in [4.78, 5) is 11.9. The van der Waals surface area contributed by atoms with Crippen LogP contribution in [0, 0.1) is 11.8 Å². The molecule has 3 rings (SSSR count). The van der Waals surface area contributed by atoms with Crippen LogP contribution in [0.4, 0.5) is 0 Å². The molecule has 1 aromatic heterocycles. The van der Waals surface area contributed by atoms with Gasteiger partial charge in [-0.25, -0.2) is 0 Å². The van der Waals surface area contributed by atoms with Crippen LogP contribution in [0.3, 0.4) is 0 Å². The Morgan fingerprint density at radius 2 is 2.04 bits per heavy atom. The number of aromatic nitrogens is 2. The zero-order valence-electron chi connectivity index (χ0n) is 15.8. The van der Waals surface area contributed by atoms with Crippen molar-refractivity contribution in [3.05, 3.63) is 52.8 Å². The first-order valence-electron chi connectivity index (χ1n) is 9.27. The van der Waals surface area contributed by atoms with Crippen LogP contribution in [-0.2, 0) is 16.6 Å². The fourth-order valence-electron chi connectivity index (χ4n) is 3.14. The molecule has 5 heteroatoms. The fourth-order valence-corrected chi connectivity index (χ4v) is 4.63. The van der Waals surface area contributed by atoms with Gasteiger partial charge < -0.3 is 5.11 Å². The molecule has 140 valence electrons. The number of aryl methyl sites for hydroxylation is 1. The van der Waals surface area contributed by atoms with Crippen LogP contribution in [0.1, 0.15) is 61.9 Å². The van der Waals surface area contributed by atoms with Gasteiger partial charge in [-0.3, -0.25) is 4.79 Å². The largest absolute Gasteiger partial charge is 0.481 e. The molecule has 1 aliphatic heterocycles. The summed E-state index contributed by atoms with van der Waals surface area (Å²) in [6.45, 7) is 4.60. The number of unbranched alkanes of at least 4 members (excludes halogenated alkanes) is 1. The van der Waals surface area contributed by atoms with Crippen molar-refractivity contribution in [3.8, 4) is 11.8 Å². The first-order chi connectivity index (χ1) is 12.9. The normalized spacial score (nSPS) is 14.7.